The van der Waals surface area contributed by atoms with Gasteiger partial charge in [-0.05, 0) is 44.1 Å². The number of aliphatic imine (C=N–C) groups is 1. The van der Waals surface area contributed by atoms with Gasteiger partial charge in [0.05, 0.1) is 0 Å². The van der Waals surface area contributed by atoms with Gasteiger partial charge in [0.2, 0.25) is 0 Å². The van der Waals surface area contributed by atoms with Crippen LogP contribution in [0.1, 0.15) is 96.3 Å². The average Bonchev–Trinajstić information content (AvgIpc) is 2.64. The third-order valence-electron chi connectivity index (χ3n) is 4.99. The fourth-order valence-corrected chi connectivity index (χ4v) is 3.55. The summed E-state index contributed by atoms with van der Waals surface area (Å²) >= 11 is 0. The summed E-state index contributed by atoms with van der Waals surface area (Å²) < 4.78 is 0. The Morgan fingerprint density at radius 1 is 0.682 bits per heavy atom. The van der Waals surface area contributed by atoms with E-state index in [-0.39, 0.29) is 0 Å². The van der Waals surface area contributed by atoms with Crippen LogP contribution < -0.4 is 5.32 Å². The summed E-state index contributed by atoms with van der Waals surface area (Å²) in [5.74, 6) is 1.24. The average molecular weight is 305 g/mol. The summed E-state index contributed by atoms with van der Waals surface area (Å²) in [5, 5.41) is 3.67. The number of nitrogens with zero attached hydrogens (tertiary/aromatic N) is 1. The molecular formula is C20H36N2. The van der Waals surface area contributed by atoms with Gasteiger partial charge in [0.1, 0.15) is 5.84 Å². The number of rotatable bonds is 1. The van der Waals surface area contributed by atoms with Crippen molar-refractivity contribution in [3.63, 3.8) is 0 Å². The van der Waals surface area contributed by atoms with E-state index >= 15 is 0 Å². The molecule has 0 atom stereocenters. The van der Waals surface area contributed by atoms with E-state index in [0.717, 1.165) is 13.1 Å². The molecular weight excluding hydrogens is 268 g/mol. The molecule has 0 bridgehead atoms. The molecule has 2 nitrogen and oxygen atoms in total. The zero-order valence-corrected chi connectivity index (χ0v) is 14.5. The third-order valence-corrected chi connectivity index (χ3v) is 4.99. The first-order chi connectivity index (χ1) is 11.0. The Labute approximate surface area is 137 Å². The zero-order chi connectivity index (χ0) is 15.3. The minimum absolute atomic E-state index is 1.01. The lowest BCUT2D eigenvalue weighted by Gasteiger charge is -2.14. The van der Waals surface area contributed by atoms with Crippen molar-refractivity contribution >= 4 is 5.84 Å². The van der Waals surface area contributed by atoms with Gasteiger partial charge >= 0.3 is 0 Å². The van der Waals surface area contributed by atoms with Crippen LogP contribution in [-0.2, 0) is 0 Å². The summed E-state index contributed by atoms with van der Waals surface area (Å²) in [6.07, 6.45) is 22.9. The molecule has 2 rings (SSSR count). The van der Waals surface area contributed by atoms with Crippen molar-refractivity contribution in [3.05, 3.63) is 11.6 Å². The second-order valence-electron chi connectivity index (χ2n) is 7.02. The van der Waals surface area contributed by atoms with Crippen LogP contribution in [0.2, 0.25) is 0 Å². The topological polar surface area (TPSA) is 24.4 Å². The molecule has 0 saturated heterocycles. The van der Waals surface area contributed by atoms with Gasteiger partial charge in [-0.15, -0.1) is 0 Å². The fourth-order valence-electron chi connectivity index (χ4n) is 3.55. The Hall–Kier alpha value is -0.790. The van der Waals surface area contributed by atoms with E-state index in [4.69, 9.17) is 4.99 Å². The van der Waals surface area contributed by atoms with Crippen LogP contribution in [0.25, 0.3) is 0 Å². The fraction of sp³-hybridized carbons (Fsp3) is 0.850. The quantitative estimate of drug-likeness (QED) is 0.652. The van der Waals surface area contributed by atoms with E-state index in [9.17, 15) is 0 Å². The first-order valence-corrected chi connectivity index (χ1v) is 9.94. The molecule has 2 heteroatoms. The minimum atomic E-state index is 1.01. The maximum Gasteiger partial charge on any atom is 0.123 e. The second kappa shape index (κ2) is 11.7. The third kappa shape index (κ3) is 7.47. The van der Waals surface area contributed by atoms with E-state index in [1.807, 2.05) is 0 Å². The Balaban J connectivity index is 1.97. The molecule has 1 N–H and O–H groups in total. The van der Waals surface area contributed by atoms with Crippen LogP contribution in [0.3, 0.4) is 0 Å². The Morgan fingerprint density at radius 3 is 2.14 bits per heavy atom. The normalized spacial score (nSPS) is 24.0. The van der Waals surface area contributed by atoms with E-state index in [2.05, 4.69) is 11.4 Å². The molecule has 0 saturated carbocycles. The molecule has 1 aliphatic carbocycles. The molecule has 2 aliphatic rings. The molecule has 22 heavy (non-hydrogen) atoms. The summed E-state index contributed by atoms with van der Waals surface area (Å²) in [7, 11) is 0. The Bertz CT molecular complexity index is 310. The lowest BCUT2D eigenvalue weighted by atomic mass is 10.0. The van der Waals surface area contributed by atoms with E-state index in [1.54, 1.807) is 0 Å². The minimum Gasteiger partial charge on any atom is -0.370 e. The van der Waals surface area contributed by atoms with E-state index in [0.29, 0.717) is 0 Å². The van der Waals surface area contributed by atoms with Crippen LogP contribution in [0.4, 0.5) is 0 Å². The van der Waals surface area contributed by atoms with Crippen molar-refractivity contribution in [3.8, 4) is 0 Å². The van der Waals surface area contributed by atoms with Gasteiger partial charge in [0.15, 0.2) is 0 Å². The molecule has 0 radical (unpaired) electrons. The largest absolute Gasteiger partial charge is 0.370 e. The molecule has 0 aromatic carbocycles. The SMILES string of the molecule is C1=C(C2=NCCCCCCCCN2)CCCCCCCCC1. The van der Waals surface area contributed by atoms with E-state index in [1.165, 1.54) is 108 Å². The van der Waals surface area contributed by atoms with Gasteiger partial charge in [0.25, 0.3) is 0 Å². The molecule has 0 unspecified atom stereocenters. The maximum absolute atomic E-state index is 4.94. The first kappa shape index (κ1) is 17.6. The van der Waals surface area contributed by atoms with Crippen LogP contribution in [0, 0.1) is 0 Å². The van der Waals surface area contributed by atoms with Crippen LogP contribution in [0.15, 0.2) is 16.6 Å². The summed E-state index contributed by atoms with van der Waals surface area (Å²) in [4.78, 5) is 4.94. The van der Waals surface area contributed by atoms with Crippen LogP contribution in [0.5, 0.6) is 0 Å². The second-order valence-corrected chi connectivity index (χ2v) is 7.02. The Kier molecular flexibility index (Phi) is 9.37. The summed E-state index contributed by atoms with van der Waals surface area (Å²) in [6.45, 7) is 2.12. The van der Waals surface area contributed by atoms with Gasteiger partial charge in [-0.1, -0.05) is 63.9 Å². The smallest absolute Gasteiger partial charge is 0.123 e. The van der Waals surface area contributed by atoms with Crippen molar-refractivity contribution in [2.45, 2.75) is 96.3 Å². The predicted molar refractivity (Wildman–Crippen MR) is 97.6 cm³/mol. The van der Waals surface area contributed by atoms with Crippen molar-refractivity contribution in [1.82, 2.24) is 5.32 Å². The first-order valence-electron chi connectivity index (χ1n) is 9.94. The van der Waals surface area contributed by atoms with Gasteiger partial charge in [0, 0.05) is 13.1 Å². The predicted octanol–water partition coefficient (Wildman–Crippen LogP) is 5.78. The van der Waals surface area contributed by atoms with Gasteiger partial charge in [-0.2, -0.15) is 0 Å². The van der Waals surface area contributed by atoms with Gasteiger partial charge in [-0.25, -0.2) is 0 Å². The van der Waals surface area contributed by atoms with Crippen molar-refractivity contribution < 1.29 is 0 Å². The number of amidine groups is 1. The molecule has 0 aromatic rings. The monoisotopic (exact) mass is 304 g/mol. The number of allylic oxidation sites excluding steroid dienone is 1. The summed E-state index contributed by atoms with van der Waals surface area (Å²) in [5.41, 5.74) is 1.51. The molecule has 0 fully saturated rings. The van der Waals surface area contributed by atoms with Gasteiger partial charge in [-0.3, -0.25) is 4.99 Å². The molecule has 126 valence electrons. The Morgan fingerprint density at radius 2 is 1.32 bits per heavy atom. The standard InChI is InChI=1S/C20H36N2/c1-2-4-8-12-16-19(15-11-7-3-1)20-21-17-13-9-5-6-10-14-18-22-20/h15H,1-14,16-18H2,(H,21,22). The van der Waals surface area contributed by atoms with Crippen molar-refractivity contribution in [2.24, 2.45) is 4.99 Å². The lowest BCUT2D eigenvalue weighted by Crippen LogP contribution is -2.27. The maximum atomic E-state index is 4.94. The summed E-state index contributed by atoms with van der Waals surface area (Å²) in [6, 6.07) is 0. The van der Waals surface area contributed by atoms with E-state index < -0.39 is 0 Å². The number of hydrogen-bond acceptors (Lipinski definition) is 2. The number of hydrogen-bond donors (Lipinski definition) is 1. The van der Waals surface area contributed by atoms with Crippen LogP contribution in [-0.4, -0.2) is 18.9 Å². The van der Waals surface area contributed by atoms with Crippen molar-refractivity contribution in [2.75, 3.05) is 13.1 Å². The van der Waals surface area contributed by atoms with Crippen LogP contribution >= 0.6 is 0 Å². The molecule has 0 spiro atoms. The molecule has 0 amide bonds. The number of nitrogens with one attached hydrogen (secondary N) is 1. The highest BCUT2D eigenvalue weighted by molar-refractivity contribution is 5.98. The highest BCUT2D eigenvalue weighted by Crippen LogP contribution is 2.18. The molecule has 1 heterocycles. The van der Waals surface area contributed by atoms with Crippen molar-refractivity contribution in [1.29, 1.82) is 0 Å². The zero-order valence-electron chi connectivity index (χ0n) is 14.5. The molecule has 1 aliphatic heterocycles. The van der Waals surface area contributed by atoms with Gasteiger partial charge < -0.3 is 5.32 Å². The highest BCUT2D eigenvalue weighted by atomic mass is 15.0. The lowest BCUT2D eigenvalue weighted by molar-refractivity contribution is 0.588. The molecule has 0 aromatic heterocycles. The highest BCUT2D eigenvalue weighted by Gasteiger charge is 2.08.